The number of amides is 1. The first-order chi connectivity index (χ1) is 21.8. The molecule has 0 N–H and O–H groups in total. The molecule has 0 saturated carbocycles. The number of piperidine rings is 1. The molecule has 9 heteroatoms. The molecule has 0 spiro atoms. The molecule has 3 aromatic rings. The number of carbonyl (C=O) groups is 1. The summed E-state index contributed by atoms with van der Waals surface area (Å²) < 4.78 is 24.2. The minimum absolute atomic E-state index is 0.115. The zero-order valence-corrected chi connectivity index (χ0v) is 26.0. The molecular weight excluding hydrogens is 568 g/mol. The van der Waals surface area contributed by atoms with Gasteiger partial charge in [0.2, 0.25) is 11.8 Å². The molecule has 9 nitrogen and oxygen atoms in total. The zero-order chi connectivity index (χ0) is 31.2. The molecule has 45 heavy (non-hydrogen) atoms. The fourth-order valence-electron chi connectivity index (χ4n) is 5.50. The quantitative estimate of drug-likeness (QED) is 0.265. The van der Waals surface area contributed by atoms with Crippen LogP contribution in [-0.4, -0.2) is 53.7 Å². The third-order valence-corrected chi connectivity index (χ3v) is 7.72. The predicted octanol–water partition coefficient (Wildman–Crippen LogP) is 6.66. The Morgan fingerprint density at radius 2 is 1.58 bits per heavy atom. The Balaban J connectivity index is 1.23. The number of fused-ring (bicyclic) bond motifs is 1. The molecule has 0 aliphatic carbocycles. The number of allylic oxidation sites excluding steroid dienone is 1. The van der Waals surface area contributed by atoms with Crippen molar-refractivity contribution in [2.24, 2.45) is 10.9 Å². The van der Waals surface area contributed by atoms with Gasteiger partial charge >= 0.3 is 6.09 Å². The van der Waals surface area contributed by atoms with Crippen LogP contribution in [0.4, 0.5) is 10.5 Å². The van der Waals surface area contributed by atoms with Crippen molar-refractivity contribution < 1.29 is 23.7 Å². The summed E-state index contributed by atoms with van der Waals surface area (Å²) in [6, 6.07) is 23.8. The Bertz CT molecular complexity index is 1640. The number of hydrogen-bond acceptors (Lipinski definition) is 8. The molecule has 0 bridgehead atoms. The van der Waals surface area contributed by atoms with Crippen LogP contribution >= 0.6 is 0 Å². The van der Waals surface area contributed by atoms with Crippen LogP contribution < -0.4 is 14.4 Å². The second-order valence-corrected chi connectivity index (χ2v) is 12.2. The normalized spacial score (nSPS) is 16.6. The number of aliphatic imine (C=N–C) groups is 1. The maximum atomic E-state index is 12.6. The van der Waals surface area contributed by atoms with Crippen LogP contribution in [0, 0.1) is 5.92 Å². The summed E-state index contributed by atoms with van der Waals surface area (Å²) >= 11 is 0. The molecule has 0 radical (unpaired) electrons. The van der Waals surface area contributed by atoms with E-state index in [0.29, 0.717) is 57.0 Å². The summed E-state index contributed by atoms with van der Waals surface area (Å²) in [6.45, 7) is 8.61. The average Bonchev–Trinajstić information content (AvgIpc) is 3.06. The van der Waals surface area contributed by atoms with Crippen molar-refractivity contribution in [2.45, 2.75) is 52.4 Å². The average molecular weight is 607 g/mol. The van der Waals surface area contributed by atoms with Crippen molar-refractivity contribution in [1.29, 1.82) is 0 Å². The molecule has 0 atom stereocenters. The zero-order valence-electron chi connectivity index (χ0n) is 26.0. The second kappa shape index (κ2) is 13.3. The Hall–Kier alpha value is -4.97. The molecule has 1 aromatic heterocycles. The number of likely N-dealkylation sites (tertiary alicyclic amines) is 1. The topological polar surface area (TPSA) is 85.7 Å². The van der Waals surface area contributed by atoms with Crippen LogP contribution in [0.2, 0.25) is 0 Å². The van der Waals surface area contributed by atoms with Gasteiger partial charge in [-0.05, 0) is 56.5 Å². The van der Waals surface area contributed by atoms with Crippen molar-refractivity contribution in [2.75, 3.05) is 31.1 Å². The van der Waals surface area contributed by atoms with Gasteiger partial charge in [-0.1, -0.05) is 60.7 Å². The van der Waals surface area contributed by atoms with Crippen molar-refractivity contribution >= 4 is 17.7 Å². The Morgan fingerprint density at radius 1 is 0.911 bits per heavy atom. The number of hydrogen-bond donors (Lipinski definition) is 0. The molecule has 3 aliphatic heterocycles. The lowest BCUT2D eigenvalue weighted by Gasteiger charge is -2.37. The minimum Gasteiger partial charge on any atom is -0.487 e. The highest BCUT2D eigenvalue weighted by molar-refractivity contribution is 5.70. The van der Waals surface area contributed by atoms with Crippen molar-refractivity contribution in [3.63, 3.8) is 0 Å². The fraction of sp³-hybridized carbons (Fsp3) is 0.361. The first-order valence-corrected chi connectivity index (χ1v) is 15.4. The molecule has 1 amide bonds. The highest BCUT2D eigenvalue weighted by Crippen LogP contribution is 2.39. The lowest BCUT2D eigenvalue weighted by Crippen LogP contribution is -2.42. The second-order valence-electron chi connectivity index (χ2n) is 12.2. The van der Waals surface area contributed by atoms with Gasteiger partial charge in [0, 0.05) is 30.9 Å². The van der Waals surface area contributed by atoms with E-state index < -0.39 is 5.60 Å². The molecule has 2 saturated heterocycles. The Kier molecular flexibility index (Phi) is 8.92. The van der Waals surface area contributed by atoms with E-state index in [4.69, 9.17) is 23.9 Å². The summed E-state index contributed by atoms with van der Waals surface area (Å²) in [7, 11) is 0. The van der Waals surface area contributed by atoms with E-state index >= 15 is 0 Å². The number of carbonyl (C=O) groups excluding carboxylic acids is 1. The lowest BCUT2D eigenvalue weighted by atomic mass is 9.91. The molecular formula is C36H38N4O5. The van der Waals surface area contributed by atoms with Crippen molar-refractivity contribution in [1.82, 2.24) is 9.88 Å². The van der Waals surface area contributed by atoms with Gasteiger partial charge in [-0.25, -0.2) is 4.79 Å². The maximum absolute atomic E-state index is 12.6. The van der Waals surface area contributed by atoms with E-state index in [1.807, 2.05) is 93.6 Å². The number of benzene rings is 2. The van der Waals surface area contributed by atoms with Gasteiger partial charge in [0.15, 0.2) is 5.76 Å². The minimum atomic E-state index is -0.527. The first kappa shape index (κ1) is 30.1. The van der Waals surface area contributed by atoms with Crippen LogP contribution in [0.5, 0.6) is 11.8 Å². The molecule has 4 heterocycles. The smallest absolute Gasteiger partial charge is 0.410 e. The molecule has 6 rings (SSSR count). The summed E-state index contributed by atoms with van der Waals surface area (Å²) in [5.74, 6) is 4.72. The largest absolute Gasteiger partial charge is 0.487 e. The van der Waals surface area contributed by atoms with Gasteiger partial charge in [-0.2, -0.15) is 9.98 Å². The van der Waals surface area contributed by atoms with Gasteiger partial charge in [0.05, 0.1) is 12.2 Å². The van der Waals surface area contributed by atoms with Crippen molar-refractivity contribution in [3.8, 4) is 11.8 Å². The first-order valence-electron chi connectivity index (χ1n) is 15.4. The van der Waals surface area contributed by atoms with E-state index in [-0.39, 0.29) is 12.0 Å². The number of pyridine rings is 1. The van der Waals surface area contributed by atoms with Gasteiger partial charge in [0.25, 0.3) is 0 Å². The summed E-state index contributed by atoms with van der Waals surface area (Å²) in [5, 5.41) is 0. The number of nitrogens with zero attached hydrogens (tertiary/aromatic N) is 4. The maximum Gasteiger partial charge on any atom is 0.410 e. The lowest BCUT2D eigenvalue weighted by molar-refractivity contribution is 0.0192. The van der Waals surface area contributed by atoms with Crippen LogP contribution in [0.3, 0.4) is 0 Å². The van der Waals surface area contributed by atoms with E-state index in [1.54, 1.807) is 4.90 Å². The van der Waals surface area contributed by atoms with Gasteiger partial charge in [-0.3, -0.25) is 0 Å². The van der Waals surface area contributed by atoms with Gasteiger partial charge < -0.3 is 28.7 Å². The number of rotatable bonds is 8. The fourth-order valence-corrected chi connectivity index (χ4v) is 5.50. The van der Waals surface area contributed by atoms with E-state index in [2.05, 4.69) is 21.5 Å². The van der Waals surface area contributed by atoms with Gasteiger partial charge in [-0.15, -0.1) is 0 Å². The van der Waals surface area contributed by atoms with Crippen molar-refractivity contribution in [3.05, 3.63) is 107 Å². The van der Waals surface area contributed by atoms with Crippen LogP contribution in [0.25, 0.3) is 0 Å². The van der Waals surface area contributed by atoms with Crippen LogP contribution in [0.1, 0.15) is 44.7 Å². The molecule has 2 fully saturated rings. The standard InChI is InChI=1S/C36H38N4O5/c1-36(2,3)45-35(41)39-20-17-28(18-21-39)32-33-29(16-19-37-32)40(22-23-42-33)30-14-15-31(43-24-26-10-6-4-7-11-26)38-34(30)44-25-27-12-8-5-9-13-27/h4-15,28H,17-18,20-25H2,1-3H3. The molecule has 3 aliphatic rings. The van der Waals surface area contributed by atoms with Crippen LogP contribution in [-0.2, 0) is 22.7 Å². The van der Waals surface area contributed by atoms with E-state index in [0.717, 1.165) is 41.1 Å². The Labute approximate surface area is 264 Å². The third-order valence-electron chi connectivity index (χ3n) is 7.72. The number of anilines is 1. The number of ether oxygens (including phenoxy) is 4. The SMILES string of the molecule is CC(C)(C)OC(=O)N1CCC(C2=C3OCCN(c4ccc(OCc5ccccc5)nc4OCc4ccccc4)C3=C=C=N2)CC1. The number of aromatic nitrogens is 1. The third kappa shape index (κ3) is 7.40. The summed E-state index contributed by atoms with van der Waals surface area (Å²) in [6.07, 6.45) is 1.22. The highest BCUT2D eigenvalue weighted by Gasteiger charge is 2.35. The summed E-state index contributed by atoms with van der Waals surface area (Å²) in [4.78, 5) is 25.9. The molecule has 2 aromatic carbocycles. The molecule has 0 unspecified atom stereocenters. The van der Waals surface area contributed by atoms with E-state index in [9.17, 15) is 4.79 Å². The predicted molar refractivity (Wildman–Crippen MR) is 171 cm³/mol. The van der Waals surface area contributed by atoms with Gasteiger partial charge in [0.1, 0.15) is 36.8 Å². The number of morpholine rings is 1. The van der Waals surface area contributed by atoms with Crippen LogP contribution in [0.15, 0.2) is 101 Å². The highest BCUT2D eigenvalue weighted by atomic mass is 16.6. The molecule has 232 valence electrons. The Morgan fingerprint density at radius 3 is 2.24 bits per heavy atom. The van der Waals surface area contributed by atoms with E-state index in [1.165, 1.54) is 0 Å². The summed E-state index contributed by atoms with van der Waals surface area (Å²) in [5.41, 5.74) is 7.12. The monoisotopic (exact) mass is 606 g/mol.